The van der Waals surface area contributed by atoms with E-state index in [9.17, 15) is 4.79 Å². The van der Waals surface area contributed by atoms with Crippen LogP contribution in [0.5, 0.6) is 0 Å². The van der Waals surface area contributed by atoms with Crippen molar-refractivity contribution in [3.63, 3.8) is 0 Å². The number of thiazole rings is 1. The zero-order chi connectivity index (χ0) is 13.7. The van der Waals surface area contributed by atoms with E-state index in [1.165, 1.54) is 32.1 Å². The van der Waals surface area contributed by atoms with Crippen molar-refractivity contribution >= 4 is 29.0 Å². The zero-order valence-corrected chi connectivity index (χ0v) is 13.3. The van der Waals surface area contributed by atoms with Crippen molar-refractivity contribution in [2.24, 2.45) is 5.92 Å². The lowest BCUT2D eigenvalue weighted by molar-refractivity contribution is -0.120. The van der Waals surface area contributed by atoms with Gasteiger partial charge in [0.15, 0.2) is 4.34 Å². The van der Waals surface area contributed by atoms with E-state index in [1.54, 1.807) is 23.1 Å². The summed E-state index contributed by atoms with van der Waals surface area (Å²) in [5.74, 6) is 0.834. The largest absolute Gasteiger partial charge is 0.355 e. The predicted octanol–water partition coefficient (Wildman–Crippen LogP) is 3.63. The van der Waals surface area contributed by atoms with Gasteiger partial charge in [0.05, 0.1) is 5.25 Å². The summed E-state index contributed by atoms with van der Waals surface area (Å²) in [6.07, 6.45) is 6.55. The Morgan fingerprint density at radius 2 is 2.26 bits per heavy atom. The molecule has 5 heteroatoms. The molecule has 1 heterocycles. The summed E-state index contributed by atoms with van der Waals surface area (Å²) in [6.45, 7) is 4.78. The van der Waals surface area contributed by atoms with Crippen molar-refractivity contribution in [1.82, 2.24) is 10.3 Å². The van der Waals surface area contributed by atoms with Gasteiger partial charge in [-0.05, 0) is 32.6 Å². The lowest BCUT2D eigenvalue weighted by Gasteiger charge is -2.22. The van der Waals surface area contributed by atoms with E-state index in [0.717, 1.165) is 16.6 Å². The molecule has 0 bridgehead atoms. The lowest BCUT2D eigenvalue weighted by atomic mass is 9.89. The number of amides is 1. The molecule has 0 aliphatic heterocycles. The van der Waals surface area contributed by atoms with E-state index in [-0.39, 0.29) is 11.2 Å². The minimum Gasteiger partial charge on any atom is -0.355 e. The first-order valence-corrected chi connectivity index (χ1v) is 8.77. The number of nitrogens with zero attached hydrogens (tertiary/aromatic N) is 1. The average molecular weight is 298 g/mol. The van der Waals surface area contributed by atoms with Gasteiger partial charge in [0.25, 0.3) is 0 Å². The standard InChI is InChI=1S/C14H22N2OS2/c1-10-9-18-14(16-10)19-11(2)13(17)15-8-12-6-4-3-5-7-12/h9,11-12H,3-8H2,1-2H3,(H,15,17)/t11-/m0/s1. The molecule has 1 amide bonds. The van der Waals surface area contributed by atoms with Crippen LogP contribution < -0.4 is 5.32 Å². The highest BCUT2D eigenvalue weighted by atomic mass is 32.2. The second kappa shape index (κ2) is 7.29. The fourth-order valence-corrected chi connectivity index (χ4v) is 4.38. The maximum Gasteiger partial charge on any atom is 0.233 e. The topological polar surface area (TPSA) is 42.0 Å². The Kier molecular flexibility index (Phi) is 5.70. The van der Waals surface area contributed by atoms with Crippen molar-refractivity contribution in [3.8, 4) is 0 Å². The number of rotatable bonds is 5. The summed E-state index contributed by atoms with van der Waals surface area (Å²) in [5, 5.41) is 5.06. The normalized spacial score (nSPS) is 18.2. The van der Waals surface area contributed by atoms with E-state index in [1.807, 2.05) is 19.2 Å². The fraction of sp³-hybridized carbons (Fsp3) is 0.714. The number of hydrogen-bond donors (Lipinski definition) is 1. The molecule has 1 aliphatic carbocycles. The van der Waals surface area contributed by atoms with Crippen LogP contribution in [-0.2, 0) is 4.79 Å². The number of carbonyl (C=O) groups is 1. The van der Waals surface area contributed by atoms with Crippen molar-refractivity contribution < 1.29 is 4.79 Å². The van der Waals surface area contributed by atoms with Gasteiger partial charge in [-0.2, -0.15) is 0 Å². The van der Waals surface area contributed by atoms with Gasteiger partial charge >= 0.3 is 0 Å². The number of aromatic nitrogens is 1. The van der Waals surface area contributed by atoms with Crippen LogP contribution in [0.25, 0.3) is 0 Å². The molecule has 3 nitrogen and oxygen atoms in total. The summed E-state index contributed by atoms with van der Waals surface area (Å²) in [6, 6.07) is 0. The Hall–Kier alpha value is -0.550. The van der Waals surface area contributed by atoms with Crippen LogP contribution in [0.4, 0.5) is 0 Å². The summed E-state index contributed by atoms with van der Waals surface area (Å²) in [7, 11) is 0. The van der Waals surface area contributed by atoms with E-state index in [2.05, 4.69) is 10.3 Å². The molecule has 1 N–H and O–H groups in total. The van der Waals surface area contributed by atoms with Gasteiger partial charge in [-0.15, -0.1) is 11.3 Å². The third-order valence-corrected chi connectivity index (χ3v) is 5.72. The Balaban J connectivity index is 1.72. The van der Waals surface area contributed by atoms with Crippen molar-refractivity contribution in [1.29, 1.82) is 0 Å². The van der Waals surface area contributed by atoms with Crippen LogP contribution in [0.3, 0.4) is 0 Å². The molecular formula is C14H22N2OS2. The van der Waals surface area contributed by atoms with Gasteiger partial charge in [0.2, 0.25) is 5.91 Å². The summed E-state index contributed by atoms with van der Waals surface area (Å²) in [4.78, 5) is 16.4. The third-order valence-electron chi connectivity index (χ3n) is 3.53. The van der Waals surface area contributed by atoms with Crippen LogP contribution in [0, 0.1) is 12.8 Å². The number of thioether (sulfide) groups is 1. The molecule has 1 fully saturated rings. The molecule has 0 unspecified atom stereocenters. The van der Waals surface area contributed by atoms with Crippen LogP contribution in [-0.4, -0.2) is 22.7 Å². The molecule has 106 valence electrons. The van der Waals surface area contributed by atoms with Crippen molar-refractivity contribution in [2.45, 2.75) is 55.5 Å². The number of aryl methyl sites for hydroxylation is 1. The van der Waals surface area contributed by atoms with E-state index in [4.69, 9.17) is 0 Å². The molecule has 19 heavy (non-hydrogen) atoms. The number of nitrogens with one attached hydrogen (secondary N) is 1. The first-order valence-electron chi connectivity index (χ1n) is 7.01. The number of carbonyl (C=O) groups excluding carboxylic acids is 1. The van der Waals surface area contributed by atoms with Gasteiger partial charge in [-0.1, -0.05) is 31.0 Å². The maximum absolute atomic E-state index is 12.0. The van der Waals surface area contributed by atoms with E-state index in [0.29, 0.717) is 5.92 Å². The molecule has 0 radical (unpaired) electrons. The third kappa shape index (κ3) is 4.80. The van der Waals surface area contributed by atoms with Crippen LogP contribution >= 0.6 is 23.1 Å². The van der Waals surface area contributed by atoms with E-state index < -0.39 is 0 Å². The molecule has 1 atom stereocenters. The Bertz CT molecular complexity index is 413. The second-order valence-electron chi connectivity index (χ2n) is 5.26. The lowest BCUT2D eigenvalue weighted by Crippen LogP contribution is -2.35. The average Bonchev–Trinajstić information content (AvgIpc) is 2.82. The quantitative estimate of drug-likeness (QED) is 0.844. The van der Waals surface area contributed by atoms with Crippen LogP contribution in [0.2, 0.25) is 0 Å². The minimum atomic E-state index is -0.0610. The molecule has 0 spiro atoms. The Morgan fingerprint density at radius 3 is 2.89 bits per heavy atom. The smallest absolute Gasteiger partial charge is 0.233 e. The Labute approximate surface area is 123 Å². The van der Waals surface area contributed by atoms with Crippen LogP contribution in [0.15, 0.2) is 9.72 Å². The molecule has 1 aliphatic rings. The van der Waals surface area contributed by atoms with Gasteiger partial charge in [-0.25, -0.2) is 4.98 Å². The zero-order valence-electron chi connectivity index (χ0n) is 11.6. The van der Waals surface area contributed by atoms with Crippen molar-refractivity contribution in [2.75, 3.05) is 6.54 Å². The highest BCUT2D eigenvalue weighted by molar-refractivity contribution is 8.02. The molecule has 1 aromatic rings. The molecule has 0 saturated heterocycles. The van der Waals surface area contributed by atoms with Gasteiger partial charge in [0.1, 0.15) is 0 Å². The first-order chi connectivity index (χ1) is 9.15. The molecular weight excluding hydrogens is 276 g/mol. The van der Waals surface area contributed by atoms with Gasteiger partial charge < -0.3 is 5.32 Å². The minimum absolute atomic E-state index is 0.0610. The second-order valence-corrected chi connectivity index (χ2v) is 7.71. The molecule has 0 aromatic carbocycles. The fourth-order valence-electron chi connectivity index (χ4n) is 2.37. The SMILES string of the molecule is Cc1csc(S[C@@H](C)C(=O)NCC2CCCCC2)n1. The first kappa shape index (κ1) is 14.9. The monoisotopic (exact) mass is 298 g/mol. The molecule has 1 aromatic heterocycles. The Morgan fingerprint density at radius 1 is 1.53 bits per heavy atom. The molecule has 1 saturated carbocycles. The predicted molar refractivity (Wildman–Crippen MR) is 81.8 cm³/mol. The highest BCUT2D eigenvalue weighted by Crippen LogP contribution is 2.27. The van der Waals surface area contributed by atoms with Crippen molar-refractivity contribution in [3.05, 3.63) is 11.1 Å². The van der Waals surface area contributed by atoms with Crippen LogP contribution in [0.1, 0.15) is 44.7 Å². The number of hydrogen-bond acceptors (Lipinski definition) is 4. The summed E-state index contributed by atoms with van der Waals surface area (Å²) >= 11 is 3.17. The van der Waals surface area contributed by atoms with E-state index >= 15 is 0 Å². The highest BCUT2D eigenvalue weighted by Gasteiger charge is 2.18. The maximum atomic E-state index is 12.0. The van der Waals surface area contributed by atoms with Gasteiger partial charge in [0, 0.05) is 17.6 Å². The summed E-state index contributed by atoms with van der Waals surface area (Å²) in [5.41, 5.74) is 1.03. The summed E-state index contributed by atoms with van der Waals surface area (Å²) < 4.78 is 0.984. The van der Waals surface area contributed by atoms with Gasteiger partial charge in [-0.3, -0.25) is 4.79 Å². The molecule has 2 rings (SSSR count).